The Morgan fingerprint density at radius 2 is 1.89 bits per heavy atom. The Bertz CT molecular complexity index is 544. The molecule has 2 atom stereocenters. The van der Waals surface area contributed by atoms with E-state index in [4.69, 9.17) is 0 Å². The lowest BCUT2D eigenvalue weighted by molar-refractivity contribution is -0.596. The van der Waals surface area contributed by atoms with Gasteiger partial charge >= 0.3 is 0 Å². The molecule has 1 aromatic rings. The van der Waals surface area contributed by atoms with Crippen molar-refractivity contribution in [1.29, 1.82) is 0 Å². The van der Waals surface area contributed by atoms with Gasteiger partial charge in [-0.3, -0.25) is 4.58 Å². The van der Waals surface area contributed by atoms with E-state index in [0.717, 1.165) is 0 Å². The third kappa shape index (κ3) is 1.52. The van der Waals surface area contributed by atoms with Crippen LogP contribution in [-0.2, 0) is 0 Å². The molecule has 1 saturated carbocycles. The molecule has 0 saturated heterocycles. The van der Waals surface area contributed by atoms with Gasteiger partial charge in [0.05, 0.1) is 7.05 Å². The Balaban J connectivity index is 2.13. The van der Waals surface area contributed by atoms with E-state index in [1.807, 2.05) is 0 Å². The largest absolute Gasteiger partial charge is 0.265 e. The van der Waals surface area contributed by atoms with E-state index in [2.05, 4.69) is 74.8 Å². The van der Waals surface area contributed by atoms with Crippen molar-refractivity contribution in [2.24, 2.45) is 5.41 Å². The lowest BCUT2D eigenvalue weighted by Crippen LogP contribution is -2.60. The number of hydrogen-bond donors (Lipinski definition) is 0. The van der Waals surface area contributed by atoms with E-state index < -0.39 is 0 Å². The number of hydrogen-bond acceptors (Lipinski definition) is 1. The van der Waals surface area contributed by atoms with Crippen LogP contribution in [0.2, 0.25) is 0 Å². The summed E-state index contributed by atoms with van der Waals surface area (Å²) >= 11 is 0. The van der Waals surface area contributed by atoms with E-state index in [9.17, 15) is 0 Å². The van der Waals surface area contributed by atoms with Gasteiger partial charge in [0.25, 0.3) is 0 Å². The maximum absolute atomic E-state index is 2.50. The predicted molar refractivity (Wildman–Crippen MR) is 81.1 cm³/mol. The zero-order chi connectivity index (χ0) is 13.8. The molecule has 1 fully saturated rings. The summed E-state index contributed by atoms with van der Waals surface area (Å²) in [7, 11) is 2.23. The van der Waals surface area contributed by atoms with Gasteiger partial charge in [0.15, 0.2) is 0 Å². The van der Waals surface area contributed by atoms with E-state index >= 15 is 0 Å². The molecule has 102 valence electrons. The minimum absolute atomic E-state index is 0.289. The van der Waals surface area contributed by atoms with Gasteiger partial charge < -0.3 is 0 Å². The maximum Gasteiger partial charge on any atom is 0.239 e. The van der Waals surface area contributed by atoms with Crippen LogP contribution in [0, 0.1) is 12.3 Å². The molecular formula is C17H25N2+. The van der Waals surface area contributed by atoms with Crippen LogP contribution in [0.3, 0.4) is 0 Å². The lowest BCUT2D eigenvalue weighted by Gasteiger charge is -2.45. The number of nitrogens with zero attached hydrogens (tertiary/aromatic N) is 2. The van der Waals surface area contributed by atoms with Gasteiger partial charge in [0.1, 0.15) is 17.3 Å². The molecule has 0 aromatic heterocycles. The van der Waals surface area contributed by atoms with Crippen LogP contribution in [-0.4, -0.2) is 29.5 Å². The van der Waals surface area contributed by atoms with Crippen molar-refractivity contribution in [1.82, 2.24) is 0 Å². The Kier molecular flexibility index (Phi) is 2.57. The van der Waals surface area contributed by atoms with Crippen LogP contribution in [0.25, 0.3) is 0 Å². The van der Waals surface area contributed by atoms with Crippen molar-refractivity contribution >= 4 is 12.0 Å². The van der Waals surface area contributed by atoms with E-state index in [1.54, 1.807) is 0 Å². The maximum atomic E-state index is 2.50. The SMILES string of the molecule is Cc1ccccc1N1C=[N+](C)[C@]2(C)CC[C@H]1C2(C)C. The first-order valence-electron chi connectivity index (χ1n) is 7.30. The van der Waals surface area contributed by atoms with Gasteiger partial charge in [-0.2, -0.15) is 0 Å². The fraction of sp³-hybridized carbons (Fsp3) is 0.588. The van der Waals surface area contributed by atoms with Crippen LogP contribution < -0.4 is 4.90 Å². The highest BCUT2D eigenvalue weighted by Crippen LogP contribution is 2.52. The first-order valence-corrected chi connectivity index (χ1v) is 7.30. The normalized spacial score (nSPS) is 32.4. The average Bonchev–Trinajstić information content (AvgIpc) is 2.51. The molecule has 1 aromatic carbocycles. The van der Waals surface area contributed by atoms with Crippen molar-refractivity contribution in [3.05, 3.63) is 29.8 Å². The zero-order valence-electron chi connectivity index (χ0n) is 12.8. The van der Waals surface area contributed by atoms with Crippen LogP contribution in [0.15, 0.2) is 24.3 Å². The Morgan fingerprint density at radius 3 is 2.58 bits per heavy atom. The first kappa shape index (κ1) is 12.7. The molecule has 0 amide bonds. The first-order chi connectivity index (χ1) is 8.88. The molecule has 0 radical (unpaired) electrons. The van der Waals surface area contributed by atoms with E-state index in [-0.39, 0.29) is 5.54 Å². The second kappa shape index (κ2) is 3.84. The molecule has 0 spiro atoms. The van der Waals surface area contributed by atoms with Crippen LogP contribution >= 0.6 is 0 Å². The summed E-state index contributed by atoms with van der Waals surface area (Å²) < 4.78 is 2.43. The summed E-state index contributed by atoms with van der Waals surface area (Å²) in [6, 6.07) is 9.33. The van der Waals surface area contributed by atoms with Gasteiger partial charge in [-0.15, -0.1) is 0 Å². The highest BCUT2D eigenvalue weighted by Gasteiger charge is 2.62. The minimum atomic E-state index is 0.289. The smallest absolute Gasteiger partial charge is 0.239 e. The fourth-order valence-corrected chi connectivity index (χ4v) is 4.06. The third-order valence-electron chi connectivity index (χ3n) is 5.93. The summed E-state index contributed by atoms with van der Waals surface area (Å²) in [5.41, 5.74) is 3.31. The van der Waals surface area contributed by atoms with Crippen LogP contribution in [0.5, 0.6) is 0 Å². The van der Waals surface area contributed by atoms with Crippen molar-refractivity contribution in [2.45, 2.75) is 52.1 Å². The molecule has 2 nitrogen and oxygen atoms in total. The summed E-state index contributed by atoms with van der Waals surface area (Å²) in [6.07, 6.45) is 4.88. The van der Waals surface area contributed by atoms with Gasteiger partial charge in [0, 0.05) is 5.41 Å². The Labute approximate surface area is 116 Å². The van der Waals surface area contributed by atoms with E-state index in [0.29, 0.717) is 11.5 Å². The molecule has 1 aliphatic heterocycles. The summed E-state index contributed by atoms with van der Waals surface area (Å²) in [5.74, 6) is 0. The summed E-state index contributed by atoms with van der Waals surface area (Å²) in [6.45, 7) is 9.48. The van der Waals surface area contributed by atoms with Crippen molar-refractivity contribution in [3.8, 4) is 0 Å². The Hall–Kier alpha value is -1.31. The number of benzene rings is 1. The lowest BCUT2D eigenvalue weighted by atomic mass is 9.72. The van der Waals surface area contributed by atoms with Crippen LogP contribution in [0.4, 0.5) is 5.69 Å². The van der Waals surface area contributed by atoms with Crippen LogP contribution in [0.1, 0.15) is 39.2 Å². The molecule has 1 aliphatic carbocycles. The van der Waals surface area contributed by atoms with Gasteiger partial charge in [-0.25, -0.2) is 4.90 Å². The van der Waals surface area contributed by atoms with Gasteiger partial charge in [-0.1, -0.05) is 32.0 Å². The number of aryl methyl sites for hydroxylation is 1. The number of anilines is 1. The van der Waals surface area contributed by atoms with Gasteiger partial charge in [-0.05, 0) is 38.3 Å². The highest BCUT2D eigenvalue weighted by molar-refractivity contribution is 5.80. The molecule has 2 bridgehead atoms. The molecule has 19 heavy (non-hydrogen) atoms. The van der Waals surface area contributed by atoms with Crippen molar-refractivity contribution < 1.29 is 4.58 Å². The fourth-order valence-electron chi connectivity index (χ4n) is 4.06. The quantitative estimate of drug-likeness (QED) is 0.699. The monoisotopic (exact) mass is 257 g/mol. The molecular weight excluding hydrogens is 232 g/mol. The average molecular weight is 257 g/mol. The minimum Gasteiger partial charge on any atom is -0.265 e. The molecule has 1 heterocycles. The number of rotatable bonds is 1. The summed E-state index contributed by atoms with van der Waals surface area (Å²) in [4.78, 5) is 2.50. The molecule has 0 unspecified atom stereocenters. The second-order valence-corrected chi connectivity index (χ2v) is 6.97. The Morgan fingerprint density at radius 1 is 1.21 bits per heavy atom. The second-order valence-electron chi connectivity index (χ2n) is 6.97. The highest BCUT2D eigenvalue weighted by atomic mass is 15.3. The van der Waals surface area contributed by atoms with Crippen molar-refractivity contribution in [3.63, 3.8) is 0 Å². The zero-order valence-corrected chi connectivity index (χ0v) is 12.8. The molecule has 2 heteroatoms. The summed E-state index contributed by atoms with van der Waals surface area (Å²) in [5, 5.41) is 0. The number of fused-ring (bicyclic) bond motifs is 2. The molecule has 2 aliphatic rings. The third-order valence-corrected chi connectivity index (χ3v) is 5.93. The topological polar surface area (TPSA) is 6.25 Å². The predicted octanol–water partition coefficient (Wildman–Crippen LogP) is 3.43. The van der Waals surface area contributed by atoms with E-state index in [1.165, 1.54) is 24.1 Å². The number of para-hydroxylation sites is 1. The standard InChI is InChI=1S/C17H25N2/c1-13-8-6-7-9-14(13)19-12-18(5)17(4)11-10-15(19)16(17,2)3/h6-9,12,15H,10-11H2,1-5H3/q+1/t15-,17+/m0/s1. The van der Waals surface area contributed by atoms with Gasteiger partial charge in [0.2, 0.25) is 6.34 Å². The molecule has 0 N–H and O–H groups in total. The van der Waals surface area contributed by atoms with Crippen molar-refractivity contribution in [2.75, 3.05) is 11.9 Å². The molecule has 3 rings (SSSR count).